The Morgan fingerprint density at radius 3 is 2.50 bits per heavy atom. The Morgan fingerprint density at radius 1 is 1.07 bits per heavy atom. The fourth-order valence-electron chi connectivity index (χ4n) is 2.79. The van der Waals surface area contributed by atoms with Crippen molar-refractivity contribution in [1.82, 2.24) is 0 Å². The van der Waals surface area contributed by atoms with Crippen molar-refractivity contribution in [2.45, 2.75) is 45.3 Å². The van der Waals surface area contributed by atoms with Crippen LogP contribution in [0.3, 0.4) is 0 Å². The number of carbonyl (C=O) groups is 2. The summed E-state index contributed by atoms with van der Waals surface area (Å²) >= 11 is 0. The van der Waals surface area contributed by atoms with Crippen LogP contribution < -0.4 is 9.47 Å². The lowest BCUT2D eigenvalue weighted by Crippen LogP contribution is -2.12. The normalized spacial score (nSPS) is 11.4. The van der Waals surface area contributed by atoms with Gasteiger partial charge in [0.15, 0.2) is 0 Å². The molecule has 0 aliphatic rings. The highest BCUT2D eigenvalue weighted by Gasteiger charge is 2.11. The molecule has 0 spiro atoms. The fraction of sp³-hybridized carbons (Fsp3) is 0.333. The maximum Gasteiger partial charge on any atom is 0.343 e. The minimum absolute atomic E-state index is 0.118. The van der Waals surface area contributed by atoms with Crippen LogP contribution in [0.4, 0.5) is 0 Å². The number of esters is 2. The summed E-state index contributed by atoms with van der Waals surface area (Å²) in [6.07, 6.45) is 4.64. The molecule has 2 aromatic carbocycles. The van der Waals surface area contributed by atoms with Gasteiger partial charge >= 0.3 is 11.9 Å². The zero-order valence-corrected chi connectivity index (χ0v) is 17.2. The summed E-state index contributed by atoms with van der Waals surface area (Å²) in [5.74, 6) is 0.138. The quantitative estimate of drug-likeness (QED) is 0.240. The molecule has 0 aliphatic heterocycles. The maximum absolute atomic E-state index is 12.3. The van der Waals surface area contributed by atoms with Crippen molar-refractivity contribution in [3.05, 3.63) is 72.3 Å². The van der Waals surface area contributed by atoms with Gasteiger partial charge in [-0.1, -0.05) is 24.8 Å². The molecule has 0 amide bonds. The van der Waals surface area contributed by atoms with Gasteiger partial charge in [-0.05, 0) is 62.9 Å². The van der Waals surface area contributed by atoms with Gasteiger partial charge < -0.3 is 19.3 Å². The Labute approximate surface area is 177 Å². The summed E-state index contributed by atoms with van der Waals surface area (Å²) in [7, 11) is 0. The first-order valence-corrected chi connectivity index (χ1v) is 10.0. The fourth-order valence-corrected chi connectivity index (χ4v) is 2.79. The molecule has 30 heavy (non-hydrogen) atoms. The molecule has 1 unspecified atom stereocenters. The molecule has 0 aromatic heterocycles. The lowest BCUT2D eigenvalue weighted by molar-refractivity contribution is -0.142. The third kappa shape index (κ3) is 7.72. The van der Waals surface area contributed by atoms with Gasteiger partial charge in [0.05, 0.1) is 24.9 Å². The molecular weight excluding hydrogens is 384 g/mol. The molecule has 0 aliphatic carbocycles. The largest absolute Gasteiger partial charge is 0.494 e. The van der Waals surface area contributed by atoms with Crippen LogP contribution in [0.2, 0.25) is 0 Å². The van der Waals surface area contributed by atoms with Gasteiger partial charge in [-0.25, -0.2) is 9.59 Å². The number of hydrogen-bond donors (Lipinski definition) is 1. The van der Waals surface area contributed by atoms with E-state index in [-0.39, 0.29) is 12.7 Å². The number of carbonyl (C=O) groups excluding carboxylic acids is 2. The average Bonchev–Trinajstić information content (AvgIpc) is 2.76. The smallest absolute Gasteiger partial charge is 0.343 e. The van der Waals surface area contributed by atoms with Crippen molar-refractivity contribution in [2.24, 2.45) is 0 Å². The van der Waals surface area contributed by atoms with E-state index in [1.54, 1.807) is 48.5 Å². The van der Waals surface area contributed by atoms with Crippen LogP contribution >= 0.6 is 0 Å². The Hall–Kier alpha value is -3.12. The Bertz CT molecular complexity index is 828. The molecule has 6 nitrogen and oxygen atoms in total. The summed E-state index contributed by atoms with van der Waals surface area (Å²) in [5, 5.41) is 9.32. The molecule has 1 N–H and O–H groups in total. The monoisotopic (exact) mass is 412 g/mol. The number of hydrogen-bond acceptors (Lipinski definition) is 6. The molecule has 0 heterocycles. The van der Waals surface area contributed by atoms with E-state index >= 15 is 0 Å². The van der Waals surface area contributed by atoms with Crippen LogP contribution in [0.1, 0.15) is 48.5 Å². The van der Waals surface area contributed by atoms with E-state index in [4.69, 9.17) is 14.2 Å². The molecule has 2 rings (SSSR count). The molecule has 0 radical (unpaired) electrons. The Balaban J connectivity index is 1.70. The predicted molar refractivity (Wildman–Crippen MR) is 113 cm³/mol. The number of aliphatic hydroxyl groups excluding tert-OH is 1. The summed E-state index contributed by atoms with van der Waals surface area (Å²) in [6, 6.07) is 13.6. The van der Waals surface area contributed by atoms with Crippen LogP contribution in [0.25, 0.3) is 0 Å². The van der Waals surface area contributed by atoms with Gasteiger partial charge in [0.25, 0.3) is 0 Å². The molecule has 0 saturated carbocycles. The van der Waals surface area contributed by atoms with Crippen molar-refractivity contribution in [3.8, 4) is 11.5 Å². The topological polar surface area (TPSA) is 82.1 Å². The number of rotatable bonds is 12. The highest BCUT2D eigenvalue weighted by Crippen LogP contribution is 2.20. The summed E-state index contributed by atoms with van der Waals surface area (Å²) in [5.41, 5.74) is 0.956. The van der Waals surface area contributed by atoms with Crippen LogP contribution in [-0.2, 0) is 16.1 Å². The number of aliphatic hydroxyl groups is 1. The van der Waals surface area contributed by atoms with Crippen molar-refractivity contribution in [3.63, 3.8) is 0 Å². The summed E-state index contributed by atoms with van der Waals surface area (Å²) < 4.78 is 16.2. The number of unbranched alkanes of at least 4 members (excludes halogenated alkanes) is 2. The van der Waals surface area contributed by atoms with E-state index in [0.717, 1.165) is 25.7 Å². The molecule has 0 fully saturated rings. The van der Waals surface area contributed by atoms with Crippen LogP contribution in [-0.4, -0.2) is 29.8 Å². The first kappa shape index (κ1) is 23.2. The zero-order chi connectivity index (χ0) is 21.8. The summed E-state index contributed by atoms with van der Waals surface area (Å²) in [4.78, 5) is 23.4. The lowest BCUT2D eigenvalue weighted by Gasteiger charge is -2.11. The highest BCUT2D eigenvalue weighted by atomic mass is 16.5. The molecule has 2 aromatic rings. The van der Waals surface area contributed by atoms with Gasteiger partial charge in [-0.2, -0.15) is 0 Å². The molecule has 160 valence electrons. The second-order valence-electron chi connectivity index (χ2n) is 6.83. The number of para-hydroxylation sites is 1. The van der Waals surface area contributed by atoms with Gasteiger partial charge in [0.2, 0.25) is 0 Å². The summed E-state index contributed by atoms with van der Waals surface area (Å²) in [6.45, 7) is 5.61. The third-order valence-corrected chi connectivity index (χ3v) is 4.44. The number of ether oxygens (including phenoxy) is 3. The van der Waals surface area contributed by atoms with E-state index in [2.05, 4.69) is 6.58 Å². The SMILES string of the molecule is C=CC(=O)OC(C)CCCCCOc1ccc(C(=O)Oc2ccccc2CO)cc1. The van der Waals surface area contributed by atoms with Gasteiger partial charge in [0.1, 0.15) is 11.5 Å². The highest BCUT2D eigenvalue weighted by molar-refractivity contribution is 5.91. The average molecular weight is 412 g/mol. The Morgan fingerprint density at radius 2 is 1.80 bits per heavy atom. The molecule has 1 atom stereocenters. The van der Waals surface area contributed by atoms with Crippen molar-refractivity contribution < 1.29 is 28.9 Å². The second kappa shape index (κ2) is 12.4. The standard InChI is InChI=1S/C24H28O6/c1-3-23(26)29-18(2)9-5-4-8-16-28-21-14-12-19(13-15-21)24(27)30-22-11-7-6-10-20(22)17-25/h3,6-7,10-15,18,25H,1,4-5,8-9,16-17H2,2H3. The van der Waals surface area contributed by atoms with E-state index in [9.17, 15) is 14.7 Å². The van der Waals surface area contributed by atoms with Gasteiger partial charge in [0, 0.05) is 11.6 Å². The minimum atomic E-state index is -0.492. The number of benzene rings is 2. The van der Waals surface area contributed by atoms with E-state index < -0.39 is 11.9 Å². The second-order valence-corrected chi connectivity index (χ2v) is 6.83. The Kier molecular flexibility index (Phi) is 9.61. The van der Waals surface area contributed by atoms with Crippen LogP contribution in [0.15, 0.2) is 61.2 Å². The lowest BCUT2D eigenvalue weighted by atomic mass is 10.1. The first-order valence-electron chi connectivity index (χ1n) is 10.0. The first-order chi connectivity index (χ1) is 14.5. The van der Waals surface area contributed by atoms with E-state index in [1.165, 1.54) is 6.08 Å². The van der Waals surface area contributed by atoms with E-state index in [0.29, 0.717) is 29.2 Å². The van der Waals surface area contributed by atoms with Gasteiger partial charge in [-0.3, -0.25) is 0 Å². The van der Waals surface area contributed by atoms with Gasteiger partial charge in [-0.15, -0.1) is 0 Å². The molecule has 0 bridgehead atoms. The van der Waals surface area contributed by atoms with Crippen molar-refractivity contribution >= 4 is 11.9 Å². The van der Waals surface area contributed by atoms with Crippen LogP contribution in [0, 0.1) is 0 Å². The molecule has 0 saturated heterocycles. The molecule has 6 heteroatoms. The van der Waals surface area contributed by atoms with Crippen LogP contribution in [0.5, 0.6) is 11.5 Å². The van der Waals surface area contributed by atoms with Crippen molar-refractivity contribution in [2.75, 3.05) is 6.61 Å². The third-order valence-electron chi connectivity index (χ3n) is 4.44. The predicted octanol–water partition coefficient (Wildman–Crippen LogP) is 4.46. The van der Waals surface area contributed by atoms with Crippen molar-refractivity contribution in [1.29, 1.82) is 0 Å². The molecular formula is C24H28O6. The van der Waals surface area contributed by atoms with E-state index in [1.807, 2.05) is 6.92 Å². The minimum Gasteiger partial charge on any atom is -0.494 e. The maximum atomic E-state index is 12.3. The zero-order valence-electron chi connectivity index (χ0n) is 17.2.